The lowest BCUT2D eigenvalue weighted by Crippen LogP contribution is -2.44. The average molecular weight is 475 g/mol. The summed E-state index contributed by atoms with van der Waals surface area (Å²) >= 11 is 0. The topological polar surface area (TPSA) is 59.7 Å². The molecule has 4 atom stereocenters. The van der Waals surface area contributed by atoms with Crippen molar-refractivity contribution >= 4 is 5.97 Å². The molecule has 186 valence electrons. The Morgan fingerprint density at radius 3 is 2.14 bits per heavy atom. The van der Waals surface area contributed by atoms with E-state index in [4.69, 9.17) is 9.15 Å². The normalized spacial score (nSPS) is 21.9. The van der Waals surface area contributed by atoms with Gasteiger partial charge in [0.25, 0.3) is 0 Å². The number of aliphatic hydroxyl groups is 1. The van der Waals surface area contributed by atoms with Crippen LogP contribution < -0.4 is 0 Å². The SMILES string of the molecule is C[C@@H]1CC[C@@H](C(C)(C)c2ccccc2)[C@H](OC(=O)[C@H](O)c2ccc(C(C)(C)c3ccccc3)o2)C1. The van der Waals surface area contributed by atoms with Crippen LogP contribution in [0.15, 0.2) is 77.2 Å². The van der Waals surface area contributed by atoms with Gasteiger partial charge in [0.1, 0.15) is 17.6 Å². The van der Waals surface area contributed by atoms with Crippen LogP contribution in [0.5, 0.6) is 0 Å². The zero-order valence-electron chi connectivity index (χ0n) is 21.5. The van der Waals surface area contributed by atoms with Gasteiger partial charge in [-0.1, -0.05) is 87.9 Å². The largest absolute Gasteiger partial charge is 0.462 e. The number of hydrogen-bond acceptors (Lipinski definition) is 4. The third kappa shape index (κ3) is 5.23. The monoisotopic (exact) mass is 474 g/mol. The molecule has 1 N–H and O–H groups in total. The van der Waals surface area contributed by atoms with E-state index in [1.54, 1.807) is 6.07 Å². The number of furan rings is 1. The molecule has 1 heterocycles. The van der Waals surface area contributed by atoms with Gasteiger partial charge in [-0.25, -0.2) is 4.79 Å². The van der Waals surface area contributed by atoms with Gasteiger partial charge >= 0.3 is 5.97 Å². The number of rotatable bonds is 7. The number of esters is 1. The first-order valence-electron chi connectivity index (χ1n) is 12.7. The van der Waals surface area contributed by atoms with Crippen LogP contribution >= 0.6 is 0 Å². The molecule has 0 unspecified atom stereocenters. The fourth-order valence-corrected chi connectivity index (χ4v) is 5.53. The van der Waals surface area contributed by atoms with E-state index in [0.29, 0.717) is 11.7 Å². The Morgan fingerprint density at radius 1 is 0.914 bits per heavy atom. The summed E-state index contributed by atoms with van der Waals surface area (Å²) in [5, 5.41) is 10.9. The van der Waals surface area contributed by atoms with Crippen molar-refractivity contribution in [1.82, 2.24) is 0 Å². The summed E-state index contributed by atoms with van der Waals surface area (Å²) in [5.74, 6) is 0.907. The van der Waals surface area contributed by atoms with E-state index in [-0.39, 0.29) is 23.2 Å². The van der Waals surface area contributed by atoms with E-state index < -0.39 is 17.5 Å². The minimum atomic E-state index is -1.45. The van der Waals surface area contributed by atoms with Crippen molar-refractivity contribution in [3.8, 4) is 0 Å². The van der Waals surface area contributed by atoms with E-state index in [0.717, 1.165) is 24.8 Å². The van der Waals surface area contributed by atoms with Gasteiger partial charge in [0.2, 0.25) is 6.10 Å². The fourth-order valence-electron chi connectivity index (χ4n) is 5.53. The summed E-state index contributed by atoms with van der Waals surface area (Å²) in [4.78, 5) is 13.1. The second-order valence-electron chi connectivity index (χ2n) is 11.2. The smallest absolute Gasteiger partial charge is 0.343 e. The number of ether oxygens (including phenoxy) is 1. The Labute approximate surface area is 209 Å². The third-order valence-electron chi connectivity index (χ3n) is 8.00. The van der Waals surface area contributed by atoms with Crippen molar-refractivity contribution in [2.75, 3.05) is 0 Å². The van der Waals surface area contributed by atoms with Crippen LogP contribution in [-0.2, 0) is 20.4 Å². The Morgan fingerprint density at radius 2 is 1.51 bits per heavy atom. The van der Waals surface area contributed by atoms with Crippen LogP contribution in [0, 0.1) is 11.8 Å². The van der Waals surface area contributed by atoms with E-state index in [9.17, 15) is 9.90 Å². The van der Waals surface area contributed by atoms with Crippen molar-refractivity contribution < 1.29 is 19.1 Å². The van der Waals surface area contributed by atoms with E-state index in [2.05, 4.69) is 58.9 Å². The highest BCUT2D eigenvalue weighted by atomic mass is 16.6. The molecule has 1 aliphatic carbocycles. The Hall–Kier alpha value is -2.85. The fraction of sp³-hybridized carbons (Fsp3) is 0.452. The predicted octanol–water partition coefficient (Wildman–Crippen LogP) is 6.96. The number of hydrogen-bond donors (Lipinski definition) is 1. The van der Waals surface area contributed by atoms with Crippen molar-refractivity contribution in [2.45, 2.75) is 76.9 Å². The molecule has 0 radical (unpaired) electrons. The highest BCUT2D eigenvalue weighted by Gasteiger charge is 2.43. The standard InChI is InChI=1S/C31H38O4/c1-21-16-17-24(30(2,3)22-12-8-6-9-13-22)26(20-21)35-29(33)28(32)25-18-19-27(34-25)31(4,5)23-14-10-7-11-15-23/h6-15,18-19,21,24,26,28,32H,16-17,20H2,1-5H3/t21-,24-,26-,28-/m1/s1. The first kappa shape index (κ1) is 25.2. The molecule has 1 aromatic heterocycles. The van der Waals surface area contributed by atoms with Crippen molar-refractivity contribution in [3.05, 3.63) is 95.4 Å². The van der Waals surface area contributed by atoms with Gasteiger partial charge in [-0.05, 0) is 61.3 Å². The first-order valence-corrected chi connectivity index (χ1v) is 12.7. The predicted molar refractivity (Wildman–Crippen MR) is 138 cm³/mol. The molecular weight excluding hydrogens is 436 g/mol. The Bertz CT molecular complexity index is 1110. The van der Waals surface area contributed by atoms with Gasteiger partial charge in [-0.3, -0.25) is 0 Å². The molecule has 0 bridgehead atoms. The molecule has 0 aliphatic heterocycles. The quantitative estimate of drug-likeness (QED) is 0.376. The molecule has 0 amide bonds. The van der Waals surface area contributed by atoms with Crippen LogP contribution in [0.25, 0.3) is 0 Å². The molecule has 2 aromatic carbocycles. The number of aliphatic hydroxyl groups excluding tert-OH is 1. The Balaban J connectivity index is 1.51. The number of carbonyl (C=O) groups is 1. The zero-order chi connectivity index (χ0) is 25.2. The van der Waals surface area contributed by atoms with Crippen molar-refractivity contribution in [2.24, 2.45) is 11.8 Å². The van der Waals surface area contributed by atoms with Crippen LogP contribution in [0.2, 0.25) is 0 Å². The molecule has 1 saturated carbocycles. The summed E-state index contributed by atoms with van der Waals surface area (Å²) in [6.45, 7) is 10.8. The molecule has 4 rings (SSSR count). The summed E-state index contributed by atoms with van der Waals surface area (Å²) in [7, 11) is 0. The molecular formula is C31H38O4. The van der Waals surface area contributed by atoms with Crippen LogP contribution in [-0.4, -0.2) is 17.2 Å². The summed E-state index contributed by atoms with van der Waals surface area (Å²) < 4.78 is 12.0. The molecule has 0 spiro atoms. The van der Waals surface area contributed by atoms with Gasteiger partial charge in [0.05, 0.1) is 0 Å². The summed E-state index contributed by atoms with van der Waals surface area (Å²) in [5.41, 5.74) is 1.78. The van der Waals surface area contributed by atoms with Gasteiger partial charge in [0, 0.05) is 11.3 Å². The van der Waals surface area contributed by atoms with Crippen molar-refractivity contribution in [1.29, 1.82) is 0 Å². The van der Waals surface area contributed by atoms with Crippen LogP contribution in [0.1, 0.15) is 82.6 Å². The maximum Gasteiger partial charge on any atom is 0.343 e. The number of carbonyl (C=O) groups excluding carboxylic acids is 1. The molecule has 1 fully saturated rings. The summed E-state index contributed by atoms with van der Waals surface area (Å²) in [6.07, 6.45) is 1.17. The zero-order valence-corrected chi connectivity index (χ0v) is 21.5. The second-order valence-corrected chi connectivity index (χ2v) is 11.2. The molecule has 4 nitrogen and oxygen atoms in total. The van der Waals surface area contributed by atoms with Gasteiger partial charge in [-0.2, -0.15) is 0 Å². The van der Waals surface area contributed by atoms with Crippen LogP contribution in [0.3, 0.4) is 0 Å². The maximum absolute atomic E-state index is 13.1. The minimum absolute atomic E-state index is 0.158. The molecule has 1 aliphatic rings. The Kier molecular flexibility index (Phi) is 7.23. The molecule has 0 saturated heterocycles. The molecule has 35 heavy (non-hydrogen) atoms. The van der Waals surface area contributed by atoms with Gasteiger partial charge < -0.3 is 14.3 Å². The highest BCUT2D eigenvalue weighted by Crippen LogP contribution is 2.44. The first-order chi connectivity index (χ1) is 16.6. The van der Waals surface area contributed by atoms with Crippen LogP contribution in [0.4, 0.5) is 0 Å². The lowest BCUT2D eigenvalue weighted by Gasteiger charge is -2.44. The third-order valence-corrected chi connectivity index (χ3v) is 8.00. The second kappa shape index (κ2) is 10.0. The maximum atomic E-state index is 13.1. The van der Waals surface area contributed by atoms with E-state index in [1.165, 1.54) is 5.56 Å². The lowest BCUT2D eigenvalue weighted by molar-refractivity contribution is -0.168. The van der Waals surface area contributed by atoms with Gasteiger partial charge in [-0.15, -0.1) is 0 Å². The van der Waals surface area contributed by atoms with E-state index in [1.807, 2.05) is 42.5 Å². The van der Waals surface area contributed by atoms with Gasteiger partial charge in [0.15, 0.2) is 0 Å². The molecule has 4 heteroatoms. The summed E-state index contributed by atoms with van der Waals surface area (Å²) in [6, 6.07) is 24.0. The molecule has 3 aromatic rings. The van der Waals surface area contributed by atoms with Crippen molar-refractivity contribution in [3.63, 3.8) is 0 Å². The van der Waals surface area contributed by atoms with E-state index >= 15 is 0 Å². The average Bonchev–Trinajstić information content (AvgIpc) is 3.36. The highest BCUT2D eigenvalue weighted by molar-refractivity contribution is 5.75. The number of benzene rings is 2. The minimum Gasteiger partial charge on any atom is -0.462 e. The lowest BCUT2D eigenvalue weighted by atomic mass is 9.64.